The van der Waals surface area contributed by atoms with Crippen molar-refractivity contribution >= 4 is 15.9 Å². The van der Waals surface area contributed by atoms with E-state index in [0.717, 1.165) is 11.1 Å². The van der Waals surface area contributed by atoms with Crippen LogP contribution >= 0.6 is 0 Å². The molecule has 172 valence electrons. The van der Waals surface area contributed by atoms with Gasteiger partial charge in [-0.05, 0) is 47.0 Å². The predicted molar refractivity (Wildman–Crippen MR) is 134 cm³/mol. The number of rotatable bonds is 8. The van der Waals surface area contributed by atoms with E-state index in [4.69, 9.17) is 14.2 Å². The van der Waals surface area contributed by atoms with Gasteiger partial charge in [-0.15, -0.1) is 0 Å². The Morgan fingerprint density at radius 2 is 1.23 bits per heavy atom. The van der Waals surface area contributed by atoms with Crippen LogP contribution in [0.1, 0.15) is 5.56 Å². The van der Waals surface area contributed by atoms with Gasteiger partial charge in [0, 0.05) is 5.41 Å². The summed E-state index contributed by atoms with van der Waals surface area (Å²) in [4.78, 5) is -0.0104. The molecule has 35 heavy (non-hydrogen) atoms. The molecule has 0 unspecified atom stereocenters. The van der Waals surface area contributed by atoms with Crippen molar-refractivity contribution in [2.45, 2.75) is 4.90 Å². The molecule has 5 nitrogen and oxygen atoms in total. The Balaban J connectivity index is 0.00000342. The van der Waals surface area contributed by atoms with Crippen LogP contribution in [0.25, 0.3) is 17.2 Å². The molecule has 0 spiro atoms. The Bertz CT molecular complexity index is 1400. The van der Waals surface area contributed by atoms with Crippen molar-refractivity contribution in [1.82, 2.24) is 0 Å². The van der Waals surface area contributed by atoms with Gasteiger partial charge in [0.1, 0.15) is 4.90 Å². The second kappa shape index (κ2) is 12.5. The number of methoxy groups -OCH3 is 2. The predicted octanol–water partition coefficient (Wildman–Crippen LogP) is 3.61. The molecule has 0 amide bonds. The van der Waals surface area contributed by atoms with Gasteiger partial charge in [-0.2, -0.15) is 0 Å². The van der Waals surface area contributed by atoms with Crippen LogP contribution in [0, 0.1) is 0 Å². The minimum Gasteiger partial charge on any atom is -0.493 e. The number of ether oxygens (including phenoxy) is 3. The van der Waals surface area contributed by atoms with Gasteiger partial charge >= 0.3 is 51.4 Å². The smallest absolute Gasteiger partial charge is 0.493 e. The zero-order valence-corrected chi connectivity index (χ0v) is 23.8. The number of hydrogen-bond acceptors (Lipinski definition) is 5. The fraction of sp³-hybridized carbons (Fsp3) is 0.0714. The van der Waals surface area contributed by atoms with Gasteiger partial charge in [0.15, 0.2) is 23.0 Å². The van der Waals surface area contributed by atoms with Crippen LogP contribution in [0.15, 0.2) is 107 Å². The molecular weight excluding hydrogens is 487 g/mol. The van der Waals surface area contributed by atoms with E-state index in [1.54, 1.807) is 36.4 Å². The fourth-order valence-electron chi connectivity index (χ4n) is 3.46. The van der Waals surface area contributed by atoms with Crippen molar-refractivity contribution < 1.29 is 74.0 Å². The van der Waals surface area contributed by atoms with Crippen molar-refractivity contribution in [2.24, 2.45) is 0 Å². The summed E-state index contributed by atoms with van der Waals surface area (Å²) in [6, 6.07) is 29.2. The SMILES string of the molecule is COc1ccccc1Oc1c(OC)cc(-c2ccccc2)cc1S(=O)(=O)/C=C/c1ccccc1.[K+]. The largest absolute Gasteiger partial charge is 1.00 e. The van der Waals surface area contributed by atoms with E-state index in [1.165, 1.54) is 19.6 Å². The van der Waals surface area contributed by atoms with E-state index >= 15 is 0 Å². The van der Waals surface area contributed by atoms with E-state index in [-0.39, 0.29) is 62.0 Å². The van der Waals surface area contributed by atoms with Gasteiger partial charge in [-0.25, -0.2) is 8.42 Å². The Morgan fingerprint density at radius 1 is 0.657 bits per heavy atom. The fourth-order valence-corrected chi connectivity index (χ4v) is 4.63. The zero-order valence-electron chi connectivity index (χ0n) is 19.8. The second-order valence-corrected chi connectivity index (χ2v) is 9.19. The first-order valence-electron chi connectivity index (χ1n) is 10.6. The summed E-state index contributed by atoms with van der Waals surface area (Å²) < 4.78 is 44.2. The molecule has 4 aromatic rings. The normalized spacial score (nSPS) is 11.0. The molecule has 4 aromatic carbocycles. The summed E-state index contributed by atoms with van der Waals surface area (Å²) >= 11 is 0. The van der Waals surface area contributed by atoms with E-state index in [0.29, 0.717) is 22.8 Å². The first-order chi connectivity index (χ1) is 16.5. The molecule has 0 aliphatic carbocycles. The van der Waals surface area contributed by atoms with E-state index in [9.17, 15) is 8.42 Å². The number of para-hydroxylation sites is 2. The average molecular weight is 512 g/mol. The molecule has 0 fully saturated rings. The van der Waals surface area contributed by atoms with Crippen molar-refractivity contribution in [3.05, 3.63) is 108 Å². The Hall–Kier alpha value is -2.39. The third kappa shape index (κ3) is 6.64. The number of sulfone groups is 1. The van der Waals surface area contributed by atoms with Crippen LogP contribution in [-0.2, 0) is 9.84 Å². The van der Waals surface area contributed by atoms with Crippen LogP contribution in [0.5, 0.6) is 23.0 Å². The maximum atomic E-state index is 13.6. The topological polar surface area (TPSA) is 61.8 Å². The van der Waals surface area contributed by atoms with E-state index in [1.807, 2.05) is 66.7 Å². The molecule has 0 aliphatic rings. The molecule has 4 rings (SSSR count). The van der Waals surface area contributed by atoms with Crippen molar-refractivity contribution in [2.75, 3.05) is 14.2 Å². The van der Waals surface area contributed by atoms with Gasteiger partial charge in [0.05, 0.1) is 14.2 Å². The summed E-state index contributed by atoms with van der Waals surface area (Å²) in [5, 5.41) is 1.18. The van der Waals surface area contributed by atoms with Gasteiger partial charge < -0.3 is 14.2 Å². The maximum absolute atomic E-state index is 13.6. The first kappa shape index (κ1) is 27.2. The Morgan fingerprint density at radius 3 is 1.86 bits per heavy atom. The van der Waals surface area contributed by atoms with Crippen molar-refractivity contribution in [3.8, 4) is 34.1 Å². The van der Waals surface area contributed by atoms with Gasteiger partial charge in [0.25, 0.3) is 0 Å². The third-order valence-corrected chi connectivity index (χ3v) is 6.59. The molecule has 0 atom stereocenters. The molecule has 7 heteroatoms. The van der Waals surface area contributed by atoms with Crippen molar-refractivity contribution in [3.63, 3.8) is 0 Å². The monoisotopic (exact) mass is 511 g/mol. The molecule has 0 bridgehead atoms. The average Bonchev–Trinajstić information content (AvgIpc) is 2.89. The summed E-state index contributed by atoms with van der Waals surface area (Å²) in [7, 11) is -0.911. The van der Waals surface area contributed by atoms with Crippen LogP contribution in [0.3, 0.4) is 0 Å². The van der Waals surface area contributed by atoms with Crippen LogP contribution in [0.2, 0.25) is 0 Å². The first-order valence-corrected chi connectivity index (χ1v) is 12.1. The minimum absolute atomic E-state index is 0. The Kier molecular flexibility index (Phi) is 9.74. The molecule has 0 saturated heterocycles. The van der Waals surface area contributed by atoms with Crippen LogP contribution in [-0.4, -0.2) is 22.6 Å². The summed E-state index contributed by atoms with van der Waals surface area (Å²) in [6.07, 6.45) is 1.56. The molecule has 0 heterocycles. The molecule has 0 N–H and O–H groups in total. The van der Waals surface area contributed by atoms with Crippen molar-refractivity contribution in [1.29, 1.82) is 0 Å². The second-order valence-electron chi connectivity index (χ2n) is 7.38. The summed E-state index contributed by atoms with van der Waals surface area (Å²) in [5.74, 6) is 1.22. The van der Waals surface area contributed by atoms with E-state index < -0.39 is 9.84 Å². The summed E-state index contributed by atoms with van der Waals surface area (Å²) in [6.45, 7) is 0. The Labute approximate surface area is 248 Å². The zero-order chi connectivity index (χ0) is 24.0. The van der Waals surface area contributed by atoms with Gasteiger partial charge in [-0.3, -0.25) is 0 Å². The van der Waals surface area contributed by atoms with Crippen LogP contribution < -0.4 is 65.6 Å². The number of hydrogen-bond donors (Lipinski definition) is 0. The maximum Gasteiger partial charge on any atom is 1.00 e. The quantitative estimate of drug-likeness (QED) is 0.338. The summed E-state index contributed by atoms with van der Waals surface area (Å²) in [5.41, 5.74) is 2.31. The molecule has 0 aliphatic heterocycles. The molecular formula is C28H24KO5S+. The molecule has 0 radical (unpaired) electrons. The standard InChI is InChI=1S/C28H24O5S.K/c1-31-24-15-9-10-16-25(24)33-28-26(32-2)19-23(22-13-7-4-8-14-22)20-27(28)34(29,30)18-17-21-11-5-3-6-12-21;/h3-20H,1-2H3;/q;+1/b18-17+;. The number of benzene rings is 4. The molecule has 0 aromatic heterocycles. The molecule has 0 saturated carbocycles. The van der Waals surface area contributed by atoms with Gasteiger partial charge in [-0.1, -0.05) is 72.8 Å². The van der Waals surface area contributed by atoms with Gasteiger partial charge in [0.2, 0.25) is 9.84 Å². The van der Waals surface area contributed by atoms with E-state index in [2.05, 4.69) is 0 Å². The minimum atomic E-state index is -3.92. The van der Waals surface area contributed by atoms with Crippen LogP contribution in [0.4, 0.5) is 0 Å². The third-order valence-electron chi connectivity index (χ3n) is 5.17.